The van der Waals surface area contributed by atoms with E-state index in [-0.39, 0.29) is 64.0 Å². The van der Waals surface area contributed by atoms with Crippen molar-refractivity contribution in [3.63, 3.8) is 0 Å². The van der Waals surface area contributed by atoms with Crippen molar-refractivity contribution >= 4 is 68.8 Å². The number of carbonyl (C=O) groups excluding carboxylic acids is 8. The zero-order valence-electron chi connectivity index (χ0n) is 76.2. The standard InChI is InChI=1S/C18H15S.C16H26O3.C16H30O2.C13H18F2O5S.C13H24O3.C10H16O4.C10H18O4/c1-4-10-16(11-5-1)19(17-12-6-2-7-13-17)18-14-8-3-9-15-18;1-4-14(2,3)13(17)19-16-8-11-5-12(9-16)7-15(18,6-11)10-16;1-5-15(3,4)14(17)18-16(6-2)12-10-8-7-9-11-13-16;14-13(15,21(17,18)19)7-20-11(16)12-4-8-1-9(5-12)3-10(2-8)6-12;1-6-12(4,5)11(14)16-13(10(2)3)7-8-15-9-13;1-4-10(2,3)9(12)14-7-5-6-13-8(7)11;1-5-10(3,4)9(12)14-7-8(11)13-6-2/h1-15H;11-12,18H,4-10H2,1-3H3;5-13H2,1-4H3;8-10H,1-7H2,(H,17,18,19);10H,6-9H2,1-5H3;7H,4-6H2,1-3H3;5-7H2,1-4H3/q+1;;;;;;/p-1. The Bertz CT molecular complexity index is 3780. The molecule has 8 bridgehead atoms. The van der Waals surface area contributed by atoms with Crippen LogP contribution in [0.25, 0.3) is 0 Å². The quantitative estimate of drug-likeness (QED) is 0.0338. The average molecular weight is 1740 g/mol. The van der Waals surface area contributed by atoms with E-state index in [0.717, 1.165) is 89.9 Å². The molecule has 11 aliphatic rings. The molecule has 2 heterocycles. The summed E-state index contributed by atoms with van der Waals surface area (Å²) >= 11 is 0. The first-order valence-electron chi connectivity index (χ1n) is 44.6. The Morgan fingerprint density at radius 3 is 1.32 bits per heavy atom. The van der Waals surface area contributed by atoms with Crippen molar-refractivity contribution in [2.75, 3.05) is 39.6 Å². The summed E-state index contributed by atoms with van der Waals surface area (Å²) in [6, 6.07) is 32.2. The van der Waals surface area contributed by atoms with Gasteiger partial charge >= 0.3 is 53.0 Å². The molecule has 3 aromatic carbocycles. The lowest BCUT2D eigenvalue weighted by Crippen LogP contribution is -2.61. The van der Waals surface area contributed by atoms with Crippen LogP contribution in [0.1, 0.15) is 305 Å². The number of cyclic esters (lactones) is 1. The molecule has 11 fully saturated rings. The average Bonchev–Trinajstić information content (AvgIpc) is 0.856. The highest BCUT2D eigenvalue weighted by Gasteiger charge is 2.60. The first-order chi connectivity index (χ1) is 56.5. The van der Waals surface area contributed by atoms with E-state index in [1.807, 2.05) is 69.2 Å². The van der Waals surface area contributed by atoms with E-state index in [2.05, 4.69) is 128 Å². The van der Waals surface area contributed by atoms with Gasteiger partial charge in [0.15, 0.2) is 38.0 Å². The van der Waals surface area contributed by atoms with Gasteiger partial charge in [-0.05, 0) is 283 Å². The normalized spacial score (nSPS) is 25.7. The van der Waals surface area contributed by atoms with Crippen LogP contribution in [0.5, 0.6) is 0 Å². The predicted molar refractivity (Wildman–Crippen MR) is 460 cm³/mol. The van der Waals surface area contributed by atoms with E-state index in [9.17, 15) is 65.2 Å². The Morgan fingerprint density at radius 2 is 0.942 bits per heavy atom. The highest BCUT2D eigenvalue weighted by Crippen LogP contribution is 2.61. The second kappa shape index (κ2) is 44.6. The third-order valence-electron chi connectivity index (χ3n) is 27.0. The molecule has 0 amide bonds. The largest absolute Gasteiger partial charge is 0.743 e. The second-order valence-electron chi connectivity index (χ2n) is 38.9. The third-order valence-corrected chi connectivity index (χ3v) is 30.0. The molecule has 4 atom stereocenters. The Balaban J connectivity index is 0.000000220. The van der Waals surface area contributed by atoms with Crippen LogP contribution in [0, 0.1) is 68.0 Å². The number of hydrogen-bond acceptors (Lipinski definition) is 21. The number of hydrogen-bond donors (Lipinski definition) is 1. The molecule has 121 heavy (non-hydrogen) atoms. The summed E-state index contributed by atoms with van der Waals surface area (Å²) in [5, 5.41) is 6.08. The van der Waals surface area contributed by atoms with Crippen LogP contribution in [0.2, 0.25) is 0 Å². The Labute approximate surface area is 724 Å². The minimum absolute atomic E-state index is 0.00702. The van der Waals surface area contributed by atoms with Gasteiger partial charge in [0.25, 0.3) is 0 Å². The molecule has 9 aliphatic carbocycles. The summed E-state index contributed by atoms with van der Waals surface area (Å²) in [7, 11) is -5.83. The third kappa shape index (κ3) is 29.3. The van der Waals surface area contributed by atoms with E-state index in [0.29, 0.717) is 107 Å². The van der Waals surface area contributed by atoms with Crippen LogP contribution in [0.4, 0.5) is 8.78 Å². The molecule has 9 saturated carbocycles. The lowest BCUT2D eigenvalue weighted by molar-refractivity contribution is -0.225. The van der Waals surface area contributed by atoms with E-state index in [1.54, 1.807) is 34.6 Å². The fourth-order valence-corrected chi connectivity index (χ4v) is 19.8. The van der Waals surface area contributed by atoms with E-state index in [4.69, 9.17) is 33.2 Å². The molecule has 4 unspecified atom stereocenters. The molecular weight excluding hydrogens is 1590 g/mol. The van der Waals surface area contributed by atoms with Gasteiger partial charge in [0, 0.05) is 19.3 Å². The molecule has 3 aromatic rings. The van der Waals surface area contributed by atoms with Crippen molar-refractivity contribution in [1.29, 1.82) is 0 Å². The number of alkyl halides is 2. The molecule has 0 spiro atoms. The van der Waals surface area contributed by atoms with Gasteiger partial charge in [-0.3, -0.25) is 28.8 Å². The molecule has 14 rings (SSSR count). The maximum atomic E-state index is 13.1. The molecule has 21 nitrogen and oxygen atoms in total. The zero-order valence-corrected chi connectivity index (χ0v) is 77.9. The number of esters is 8. The molecule has 0 radical (unpaired) electrons. The number of ether oxygens (including phenoxy) is 9. The van der Waals surface area contributed by atoms with Crippen molar-refractivity contribution in [2.24, 2.45) is 68.0 Å². The van der Waals surface area contributed by atoms with Gasteiger partial charge in [-0.15, -0.1) is 0 Å². The Hall–Kier alpha value is -6.54. The minimum Gasteiger partial charge on any atom is -0.743 e. The smallest absolute Gasteiger partial charge is 0.367 e. The number of halogens is 2. The van der Waals surface area contributed by atoms with Gasteiger partial charge < -0.3 is 52.3 Å². The summed E-state index contributed by atoms with van der Waals surface area (Å²) in [6.45, 7) is 36.7. The summed E-state index contributed by atoms with van der Waals surface area (Å²) in [6.07, 6.45) is 24.6. The Kier molecular flexibility index (Phi) is 38.0. The molecular formula is C96H146F2O21S2. The first-order valence-corrected chi connectivity index (χ1v) is 47.3. The van der Waals surface area contributed by atoms with Crippen LogP contribution >= 0.6 is 0 Å². The van der Waals surface area contributed by atoms with Crippen molar-refractivity contribution in [3.05, 3.63) is 91.0 Å². The lowest BCUT2D eigenvalue weighted by Gasteiger charge is -2.59. The Morgan fingerprint density at radius 1 is 0.529 bits per heavy atom. The number of rotatable bonds is 26. The lowest BCUT2D eigenvalue weighted by atomic mass is 9.49. The topological polar surface area (TPSA) is 297 Å². The van der Waals surface area contributed by atoms with E-state index >= 15 is 0 Å². The van der Waals surface area contributed by atoms with Crippen LogP contribution in [-0.4, -0.2) is 139 Å². The maximum Gasteiger partial charge on any atom is 0.367 e. The van der Waals surface area contributed by atoms with Crippen LogP contribution in [0.3, 0.4) is 0 Å². The SMILES string of the molecule is CCC(C)(C)C(=O)OC1(C(C)C)CCOC1.CCC(C)(C)C(=O)OC12CC3CC(CC(O)(C3)C1)C2.CCC(C)(C)C(=O)OC1CCOC1=O.CCC1(OC(=O)C(C)(C)CC)CCCCCCC1.CCOC(=O)COC(=O)C(C)(C)CC.O=C(OCC(F)(F)S(=O)(=O)[O-])C12CC3CC(CC(C3)C1)C2.c1ccc([S+](c2ccccc2)c2ccccc2)cc1. The highest BCUT2D eigenvalue weighted by atomic mass is 32.2. The summed E-state index contributed by atoms with van der Waals surface area (Å²) < 4.78 is 104. The van der Waals surface area contributed by atoms with Crippen LogP contribution in [-0.2, 0) is 102 Å². The van der Waals surface area contributed by atoms with Gasteiger partial charge in [-0.1, -0.05) is 129 Å². The fraction of sp³-hybridized carbons (Fsp3) is 0.729. The molecule has 682 valence electrons. The van der Waals surface area contributed by atoms with Gasteiger partial charge in [-0.25, -0.2) is 18.0 Å². The van der Waals surface area contributed by atoms with Crippen molar-refractivity contribution < 1.29 is 108 Å². The van der Waals surface area contributed by atoms with Crippen LogP contribution < -0.4 is 0 Å². The van der Waals surface area contributed by atoms with E-state index < -0.39 is 84.3 Å². The number of carbonyl (C=O) groups is 8. The monoisotopic (exact) mass is 1740 g/mol. The van der Waals surface area contributed by atoms with Crippen molar-refractivity contribution in [2.45, 2.75) is 353 Å². The zero-order chi connectivity index (χ0) is 90.3. The molecule has 25 heteroatoms. The molecule has 0 aromatic heterocycles. The maximum absolute atomic E-state index is 13.1. The van der Waals surface area contributed by atoms with Crippen molar-refractivity contribution in [3.8, 4) is 0 Å². The fourth-order valence-electron chi connectivity index (χ4n) is 17.5. The summed E-state index contributed by atoms with van der Waals surface area (Å²) in [5.74, 6) is 0.147. The number of aliphatic hydroxyl groups is 1. The molecule has 1 N–H and O–H groups in total. The van der Waals surface area contributed by atoms with Gasteiger partial charge in [0.2, 0.25) is 6.10 Å². The van der Waals surface area contributed by atoms with E-state index in [1.165, 1.54) is 53.2 Å². The number of benzene rings is 3. The summed E-state index contributed by atoms with van der Waals surface area (Å²) in [5.41, 5.74) is -4.44. The van der Waals surface area contributed by atoms with Crippen molar-refractivity contribution in [1.82, 2.24) is 0 Å². The molecule has 2 saturated heterocycles. The first kappa shape index (κ1) is 103. The highest BCUT2D eigenvalue weighted by molar-refractivity contribution is 7.97. The summed E-state index contributed by atoms with van der Waals surface area (Å²) in [4.78, 5) is 97.9. The van der Waals surface area contributed by atoms with Crippen LogP contribution in [0.15, 0.2) is 106 Å². The van der Waals surface area contributed by atoms with Gasteiger partial charge in [0.05, 0.1) is 75.4 Å². The van der Waals surface area contributed by atoms with Gasteiger partial charge in [-0.2, -0.15) is 8.78 Å². The minimum atomic E-state index is -5.81. The van der Waals surface area contributed by atoms with Gasteiger partial charge in [0.1, 0.15) is 16.8 Å². The second-order valence-corrected chi connectivity index (χ2v) is 42.4. The molecule has 2 aliphatic heterocycles. The predicted octanol–water partition coefficient (Wildman–Crippen LogP) is 20.2.